The Morgan fingerprint density at radius 1 is 1.06 bits per heavy atom. The number of thioether (sulfide) groups is 1. The Balaban J connectivity index is 1.43. The number of halogens is 1. The number of hydrogen-bond acceptors (Lipinski definition) is 6. The summed E-state index contributed by atoms with van der Waals surface area (Å²) in [6.45, 7) is 4.78. The molecule has 0 spiro atoms. The number of nitrogens with one attached hydrogen (secondary N) is 1. The largest absolute Gasteiger partial charge is 0.494 e. The normalized spacial score (nSPS) is 11.1. The number of carbonyl (C=O) groups excluding carboxylic acids is 1. The van der Waals surface area contributed by atoms with Crippen molar-refractivity contribution < 1.29 is 9.53 Å². The van der Waals surface area contributed by atoms with Crippen molar-refractivity contribution in [2.75, 3.05) is 12.4 Å². The number of aromatic nitrogens is 3. The van der Waals surface area contributed by atoms with Gasteiger partial charge in [0, 0.05) is 16.3 Å². The molecule has 0 aliphatic heterocycles. The molecule has 0 atom stereocenters. The van der Waals surface area contributed by atoms with Crippen molar-refractivity contribution >= 4 is 35.5 Å². The second-order valence-corrected chi connectivity index (χ2v) is 9.36. The Kier molecular flexibility index (Phi) is 8.76. The summed E-state index contributed by atoms with van der Waals surface area (Å²) in [5.41, 5.74) is 6.36. The third-order valence-corrected chi connectivity index (χ3v) is 6.30. The molecule has 9 heteroatoms. The molecule has 1 aromatic heterocycles. The number of hydrogen-bond donors (Lipinski definition) is 1. The summed E-state index contributed by atoms with van der Waals surface area (Å²) in [6.07, 6.45) is 2.55. The molecular formula is C27H26ClN5O2S. The van der Waals surface area contributed by atoms with E-state index in [1.807, 2.05) is 84.3 Å². The molecular weight excluding hydrogens is 494 g/mol. The van der Waals surface area contributed by atoms with Crippen LogP contribution in [0.1, 0.15) is 24.5 Å². The van der Waals surface area contributed by atoms with Gasteiger partial charge in [0.15, 0.2) is 11.0 Å². The number of carbonyl (C=O) groups is 1. The van der Waals surface area contributed by atoms with E-state index in [2.05, 4.69) is 27.6 Å². The fraction of sp³-hybridized carbons (Fsp3) is 0.185. The Bertz CT molecular complexity index is 1320. The first-order valence-corrected chi connectivity index (χ1v) is 12.9. The lowest BCUT2D eigenvalue weighted by Crippen LogP contribution is -2.20. The minimum absolute atomic E-state index is 0.131. The summed E-state index contributed by atoms with van der Waals surface area (Å²) in [6, 6.07) is 23.0. The molecule has 1 heterocycles. The molecule has 36 heavy (non-hydrogen) atoms. The predicted molar refractivity (Wildman–Crippen MR) is 145 cm³/mol. The van der Waals surface area contributed by atoms with Crippen molar-refractivity contribution in [2.45, 2.75) is 25.4 Å². The summed E-state index contributed by atoms with van der Waals surface area (Å²) in [4.78, 5) is 12.4. The van der Waals surface area contributed by atoms with Gasteiger partial charge in [-0.05, 0) is 79.6 Å². The highest BCUT2D eigenvalue weighted by molar-refractivity contribution is 7.99. The van der Waals surface area contributed by atoms with Crippen molar-refractivity contribution in [3.8, 4) is 22.8 Å². The summed E-state index contributed by atoms with van der Waals surface area (Å²) in [5, 5.41) is 14.1. The first kappa shape index (κ1) is 25.5. The van der Waals surface area contributed by atoms with E-state index in [1.165, 1.54) is 11.8 Å². The number of rotatable bonds is 10. The number of amides is 1. The van der Waals surface area contributed by atoms with Gasteiger partial charge in [0.2, 0.25) is 0 Å². The van der Waals surface area contributed by atoms with Gasteiger partial charge in [0.1, 0.15) is 5.75 Å². The smallest absolute Gasteiger partial charge is 0.250 e. The molecule has 3 aromatic carbocycles. The molecule has 0 aliphatic rings. The number of nitrogens with zero attached hydrogens (tertiary/aromatic N) is 4. The molecule has 0 unspecified atom stereocenters. The van der Waals surface area contributed by atoms with Crippen LogP contribution >= 0.6 is 23.4 Å². The molecule has 4 aromatic rings. The molecule has 7 nitrogen and oxygen atoms in total. The van der Waals surface area contributed by atoms with Crippen molar-refractivity contribution in [3.63, 3.8) is 0 Å². The standard InChI is InChI=1S/C27H26ClN5O2S/c1-3-16-35-24-14-6-20(7-15-24)17-29-30-25(34)18-36-27-32-31-26(21-8-10-22(28)11-9-21)33(27)23-12-4-19(2)5-13-23/h4-15,17H,3,16,18H2,1-2H3,(H,30,34)/b29-17-. The molecule has 0 saturated carbocycles. The fourth-order valence-corrected chi connectivity index (χ4v) is 4.16. The Morgan fingerprint density at radius 3 is 2.47 bits per heavy atom. The van der Waals surface area contributed by atoms with E-state index in [0.717, 1.165) is 34.5 Å². The van der Waals surface area contributed by atoms with E-state index in [4.69, 9.17) is 16.3 Å². The van der Waals surface area contributed by atoms with Crippen LogP contribution in [0, 0.1) is 6.92 Å². The molecule has 1 amide bonds. The number of benzene rings is 3. The van der Waals surface area contributed by atoms with E-state index in [1.54, 1.807) is 6.21 Å². The van der Waals surface area contributed by atoms with Crippen LogP contribution in [-0.2, 0) is 4.79 Å². The topological polar surface area (TPSA) is 81.4 Å². The van der Waals surface area contributed by atoms with Gasteiger partial charge < -0.3 is 4.74 Å². The quantitative estimate of drug-likeness (QED) is 0.159. The van der Waals surface area contributed by atoms with Crippen molar-refractivity contribution in [1.29, 1.82) is 0 Å². The van der Waals surface area contributed by atoms with Gasteiger partial charge in [-0.3, -0.25) is 9.36 Å². The number of aryl methyl sites for hydroxylation is 1. The van der Waals surface area contributed by atoms with Gasteiger partial charge in [-0.2, -0.15) is 5.10 Å². The van der Waals surface area contributed by atoms with Crippen molar-refractivity contribution in [2.24, 2.45) is 5.10 Å². The summed E-state index contributed by atoms with van der Waals surface area (Å²) in [7, 11) is 0. The third kappa shape index (κ3) is 6.74. The van der Waals surface area contributed by atoms with Crippen LogP contribution in [0.5, 0.6) is 5.75 Å². The molecule has 0 radical (unpaired) electrons. The maximum atomic E-state index is 12.4. The predicted octanol–water partition coefficient (Wildman–Crippen LogP) is 5.93. The van der Waals surface area contributed by atoms with E-state index >= 15 is 0 Å². The van der Waals surface area contributed by atoms with Crippen LogP contribution in [0.25, 0.3) is 17.1 Å². The van der Waals surface area contributed by atoms with Gasteiger partial charge in [0.05, 0.1) is 18.6 Å². The Morgan fingerprint density at radius 2 is 1.78 bits per heavy atom. The fourth-order valence-electron chi connectivity index (χ4n) is 3.29. The zero-order valence-electron chi connectivity index (χ0n) is 20.0. The molecule has 1 N–H and O–H groups in total. The zero-order chi connectivity index (χ0) is 25.3. The van der Waals surface area contributed by atoms with E-state index < -0.39 is 0 Å². The van der Waals surface area contributed by atoms with Gasteiger partial charge >= 0.3 is 0 Å². The maximum Gasteiger partial charge on any atom is 0.250 e. The second-order valence-electron chi connectivity index (χ2n) is 7.98. The molecule has 184 valence electrons. The SMILES string of the molecule is CCCOc1ccc(/C=N\NC(=O)CSc2nnc(-c3ccc(Cl)cc3)n2-c2ccc(C)cc2)cc1. The maximum absolute atomic E-state index is 12.4. The van der Waals surface area contributed by atoms with Crippen LogP contribution in [0.4, 0.5) is 0 Å². The van der Waals surface area contributed by atoms with Crippen LogP contribution in [-0.4, -0.2) is 39.2 Å². The van der Waals surface area contributed by atoms with Crippen LogP contribution in [0.3, 0.4) is 0 Å². The van der Waals surface area contributed by atoms with Gasteiger partial charge in [0.25, 0.3) is 5.91 Å². The molecule has 0 saturated heterocycles. The lowest BCUT2D eigenvalue weighted by atomic mass is 10.2. The number of ether oxygens (including phenoxy) is 1. The zero-order valence-corrected chi connectivity index (χ0v) is 21.6. The molecule has 0 bridgehead atoms. The monoisotopic (exact) mass is 519 g/mol. The Hall–Kier alpha value is -3.62. The van der Waals surface area contributed by atoms with Crippen LogP contribution < -0.4 is 10.2 Å². The molecule has 0 fully saturated rings. The van der Waals surface area contributed by atoms with Gasteiger partial charge in [-0.15, -0.1) is 10.2 Å². The Labute approximate surface area is 219 Å². The highest BCUT2D eigenvalue weighted by Crippen LogP contribution is 2.28. The van der Waals surface area contributed by atoms with Gasteiger partial charge in [-0.1, -0.05) is 48.0 Å². The minimum atomic E-state index is -0.245. The average Bonchev–Trinajstić information content (AvgIpc) is 3.32. The van der Waals surface area contributed by atoms with Crippen LogP contribution in [0.15, 0.2) is 83.1 Å². The average molecular weight is 520 g/mol. The minimum Gasteiger partial charge on any atom is -0.494 e. The first-order chi connectivity index (χ1) is 17.5. The first-order valence-electron chi connectivity index (χ1n) is 11.5. The lowest BCUT2D eigenvalue weighted by Gasteiger charge is -2.10. The molecule has 4 rings (SSSR count). The summed E-state index contributed by atoms with van der Waals surface area (Å²) < 4.78 is 7.51. The van der Waals surface area contributed by atoms with E-state index in [-0.39, 0.29) is 11.7 Å². The molecule has 0 aliphatic carbocycles. The third-order valence-electron chi connectivity index (χ3n) is 5.12. The van der Waals surface area contributed by atoms with E-state index in [9.17, 15) is 4.79 Å². The number of hydrazone groups is 1. The highest BCUT2D eigenvalue weighted by Gasteiger charge is 2.17. The van der Waals surface area contributed by atoms with E-state index in [0.29, 0.717) is 22.6 Å². The van der Waals surface area contributed by atoms with Crippen molar-refractivity contribution in [3.05, 3.63) is 88.9 Å². The summed E-state index contributed by atoms with van der Waals surface area (Å²) >= 11 is 7.35. The lowest BCUT2D eigenvalue weighted by molar-refractivity contribution is -0.118. The summed E-state index contributed by atoms with van der Waals surface area (Å²) in [5.74, 6) is 1.37. The van der Waals surface area contributed by atoms with Crippen LogP contribution in [0.2, 0.25) is 5.02 Å². The van der Waals surface area contributed by atoms with Gasteiger partial charge in [-0.25, -0.2) is 5.43 Å². The highest BCUT2D eigenvalue weighted by atomic mass is 35.5. The second kappa shape index (κ2) is 12.4. The van der Waals surface area contributed by atoms with Crippen molar-refractivity contribution in [1.82, 2.24) is 20.2 Å².